The summed E-state index contributed by atoms with van der Waals surface area (Å²) in [5, 5.41) is 0. The van der Waals surface area contributed by atoms with Gasteiger partial charge in [0, 0.05) is 36.2 Å². The van der Waals surface area contributed by atoms with Crippen LogP contribution < -0.4 is 4.74 Å². The number of benzene rings is 1. The Morgan fingerprint density at radius 3 is 2.73 bits per heavy atom. The monoisotopic (exact) mass is 371 g/mol. The van der Waals surface area contributed by atoms with Crippen molar-refractivity contribution < 1.29 is 17.6 Å². The molecule has 2 heterocycles. The molecule has 26 heavy (non-hydrogen) atoms. The first-order valence-electron chi connectivity index (χ1n) is 8.53. The van der Waals surface area contributed by atoms with Crippen molar-refractivity contribution in [3.8, 4) is 5.75 Å². The van der Waals surface area contributed by atoms with Gasteiger partial charge in [-0.2, -0.15) is 0 Å². The third-order valence-electron chi connectivity index (χ3n) is 4.81. The number of rotatable bonds is 5. The van der Waals surface area contributed by atoms with E-state index in [4.69, 9.17) is 9.15 Å². The van der Waals surface area contributed by atoms with Crippen LogP contribution in [0.1, 0.15) is 29.7 Å². The van der Waals surface area contributed by atoms with Crippen molar-refractivity contribution >= 4 is 21.1 Å². The molecule has 0 radical (unpaired) electrons. The molecule has 0 N–H and O–H groups in total. The molecule has 0 unspecified atom stereocenters. The molecule has 2 aromatic rings. The Morgan fingerprint density at radius 2 is 2.04 bits per heavy atom. The third kappa shape index (κ3) is 3.05. The molecule has 6 heteroatoms. The van der Waals surface area contributed by atoms with Crippen LogP contribution in [-0.4, -0.2) is 33.2 Å². The highest BCUT2D eigenvalue weighted by atomic mass is 32.2. The molecule has 0 amide bonds. The van der Waals surface area contributed by atoms with E-state index in [-0.39, 0.29) is 4.90 Å². The summed E-state index contributed by atoms with van der Waals surface area (Å²) in [6, 6.07) is 6.90. The molecule has 0 atom stereocenters. The molecule has 5 nitrogen and oxygen atoms in total. The van der Waals surface area contributed by atoms with Crippen LogP contribution in [0.15, 0.2) is 52.6 Å². The van der Waals surface area contributed by atoms with E-state index in [0.717, 1.165) is 22.4 Å². The number of hydrogen-bond donors (Lipinski definition) is 0. The highest BCUT2D eigenvalue weighted by Crippen LogP contribution is 2.41. The predicted molar refractivity (Wildman–Crippen MR) is 100 cm³/mol. The van der Waals surface area contributed by atoms with Crippen molar-refractivity contribution in [1.82, 2.24) is 4.90 Å². The summed E-state index contributed by atoms with van der Waals surface area (Å²) in [7, 11) is -1.44. The number of nitrogens with zero attached hydrogens (tertiary/aromatic N) is 1. The minimum absolute atomic E-state index is 0.268. The Bertz CT molecular complexity index is 1010. The molecule has 1 aliphatic heterocycles. The molecule has 1 aromatic heterocycles. The van der Waals surface area contributed by atoms with Gasteiger partial charge in [0.1, 0.15) is 5.75 Å². The summed E-state index contributed by atoms with van der Waals surface area (Å²) in [5.41, 5.74) is 3.25. The van der Waals surface area contributed by atoms with Gasteiger partial charge < -0.3 is 14.1 Å². The van der Waals surface area contributed by atoms with Gasteiger partial charge in [-0.15, -0.1) is 0 Å². The van der Waals surface area contributed by atoms with Crippen molar-refractivity contribution in [2.75, 3.05) is 19.9 Å². The summed E-state index contributed by atoms with van der Waals surface area (Å²) in [4.78, 5) is 2.14. The quantitative estimate of drug-likeness (QED) is 0.801. The van der Waals surface area contributed by atoms with Crippen molar-refractivity contribution in [3.05, 3.63) is 60.2 Å². The van der Waals surface area contributed by atoms with Gasteiger partial charge in [0.05, 0.1) is 23.5 Å². The SMILES string of the molecule is C=C1c2occc2C(c2cc(S(C)(=O)=O)ccc2OCC2CC2)=CN1C. The smallest absolute Gasteiger partial charge is 0.175 e. The second kappa shape index (κ2) is 6.06. The van der Waals surface area contributed by atoms with Crippen LogP contribution in [-0.2, 0) is 9.84 Å². The van der Waals surface area contributed by atoms with Crippen LogP contribution >= 0.6 is 0 Å². The number of sulfone groups is 1. The number of furan rings is 1. The van der Waals surface area contributed by atoms with Gasteiger partial charge in [-0.05, 0) is 43.0 Å². The van der Waals surface area contributed by atoms with Gasteiger partial charge in [-0.25, -0.2) is 8.42 Å². The fourth-order valence-corrected chi connectivity index (χ4v) is 3.68. The van der Waals surface area contributed by atoms with Crippen molar-refractivity contribution in [3.63, 3.8) is 0 Å². The lowest BCUT2D eigenvalue weighted by Gasteiger charge is -2.25. The summed E-state index contributed by atoms with van der Waals surface area (Å²) in [6.45, 7) is 4.70. The largest absolute Gasteiger partial charge is 0.493 e. The molecular weight excluding hydrogens is 350 g/mol. The lowest BCUT2D eigenvalue weighted by molar-refractivity contribution is 0.299. The van der Waals surface area contributed by atoms with Gasteiger partial charge in [-0.1, -0.05) is 6.58 Å². The lowest BCUT2D eigenvalue weighted by Crippen LogP contribution is -2.15. The zero-order chi connectivity index (χ0) is 18.5. The fourth-order valence-electron chi connectivity index (χ4n) is 3.03. The molecule has 0 spiro atoms. The molecule has 136 valence electrons. The Labute approximate surface area is 153 Å². The summed E-state index contributed by atoms with van der Waals surface area (Å²) in [6.07, 6.45) is 7.14. The second-order valence-corrected chi connectivity index (χ2v) is 8.96. The first-order valence-corrected chi connectivity index (χ1v) is 10.4. The Morgan fingerprint density at radius 1 is 1.27 bits per heavy atom. The van der Waals surface area contributed by atoms with Crippen molar-refractivity contribution in [1.29, 1.82) is 0 Å². The highest BCUT2D eigenvalue weighted by molar-refractivity contribution is 7.90. The van der Waals surface area contributed by atoms with Crippen molar-refractivity contribution in [2.45, 2.75) is 17.7 Å². The lowest BCUT2D eigenvalue weighted by atomic mass is 9.95. The predicted octanol–water partition coefficient (Wildman–Crippen LogP) is 3.78. The van der Waals surface area contributed by atoms with E-state index in [1.807, 2.05) is 24.2 Å². The molecular formula is C20H21NO4S. The Kier molecular flexibility index (Phi) is 3.95. The minimum Gasteiger partial charge on any atom is -0.493 e. The topological polar surface area (TPSA) is 59.8 Å². The third-order valence-corrected chi connectivity index (χ3v) is 5.92. The van der Waals surface area contributed by atoms with Gasteiger partial charge in [0.2, 0.25) is 0 Å². The molecule has 1 aliphatic carbocycles. The standard InChI is InChI=1S/C20H21NO4S/c1-13-20-16(8-9-24-20)18(11-21(13)2)17-10-15(26(3,22)23)6-7-19(17)25-12-14-4-5-14/h6-11,14H,1,4-5,12H2,2-3H3. The van der Waals surface area contributed by atoms with Gasteiger partial charge in [0.15, 0.2) is 15.6 Å². The summed E-state index contributed by atoms with van der Waals surface area (Å²) < 4.78 is 35.8. The highest BCUT2D eigenvalue weighted by Gasteiger charge is 2.27. The zero-order valence-corrected chi connectivity index (χ0v) is 15.7. The number of ether oxygens (including phenoxy) is 1. The molecule has 0 saturated heterocycles. The Hall–Kier alpha value is -2.47. The van der Waals surface area contributed by atoms with E-state index in [0.29, 0.717) is 24.0 Å². The molecule has 2 aliphatic rings. The van der Waals surface area contributed by atoms with Gasteiger partial charge in [0.25, 0.3) is 0 Å². The van der Waals surface area contributed by atoms with E-state index in [9.17, 15) is 8.42 Å². The number of hydrogen-bond acceptors (Lipinski definition) is 5. The van der Waals surface area contributed by atoms with Crippen LogP contribution in [0.4, 0.5) is 0 Å². The van der Waals surface area contributed by atoms with Gasteiger partial charge >= 0.3 is 0 Å². The molecule has 0 bridgehead atoms. The average molecular weight is 371 g/mol. The summed E-state index contributed by atoms with van der Waals surface area (Å²) >= 11 is 0. The van der Waals surface area contributed by atoms with Crippen LogP contribution in [0.2, 0.25) is 0 Å². The zero-order valence-electron chi connectivity index (χ0n) is 14.9. The fraction of sp³-hybridized carbons (Fsp3) is 0.300. The first kappa shape index (κ1) is 17.0. The first-order chi connectivity index (χ1) is 12.3. The number of fused-ring (bicyclic) bond motifs is 1. The van der Waals surface area contributed by atoms with Crippen LogP contribution in [0.25, 0.3) is 11.3 Å². The van der Waals surface area contributed by atoms with E-state index in [1.54, 1.807) is 24.5 Å². The molecule has 1 fully saturated rings. The second-order valence-electron chi connectivity index (χ2n) is 6.95. The molecule has 1 aromatic carbocycles. The molecule has 1 saturated carbocycles. The van der Waals surface area contributed by atoms with Crippen LogP contribution in [0.5, 0.6) is 5.75 Å². The maximum Gasteiger partial charge on any atom is 0.175 e. The van der Waals surface area contributed by atoms with E-state index >= 15 is 0 Å². The Balaban J connectivity index is 1.85. The van der Waals surface area contributed by atoms with Crippen molar-refractivity contribution in [2.24, 2.45) is 5.92 Å². The van der Waals surface area contributed by atoms with Gasteiger partial charge in [-0.3, -0.25) is 0 Å². The van der Waals surface area contributed by atoms with E-state index < -0.39 is 9.84 Å². The molecule has 4 rings (SSSR count). The minimum atomic E-state index is -3.33. The van der Waals surface area contributed by atoms with E-state index in [2.05, 4.69) is 6.58 Å². The van der Waals surface area contributed by atoms with Crippen LogP contribution in [0, 0.1) is 5.92 Å². The van der Waals surface area contributed by atoms with E-state index in [1.165, 1.54) is 19.1 Å². The average Bonchev–Trinajstić information content (AvgIpc) is 3.29. The normalized spacial score (nSPS) is 17.1. The summed E-state index contributed by atoms with van der Waals surface area (Å²) in [5.74, 6) is 1.97. The maximum atomic E-state index is 12.1. The van der Waals surface area contributed by atoms with Crippen LogP contribution in [0.3, 0.4) is 0 Å². The maximum absolute atomic E-state index is 12.1.